The van der Waals surface area contributed by atoms with Crippen molar-refractivity contribution in [3.8, 4) is 11.8 Å². The van der Waals surface area contributed by atoms with E-state index in [1.807, 2.05) is 6.92 Å². The second-order valence-electron chi connectivity index (χ2n) is 12.3. The molecule has 2 aromatic carbocycles. The van der Waals surface area contributed by atoms with Crippen molar-refractivity contribution < 1.29 is 27.0 Å². The summed E-state index contributed by atoms with van der Waals surface area (Å²) in [6.45, 7) is 4.94. The molecule has 5 heterocycles. The summed E-state index contributed by atoms with van der Waals surface area (Å²) < 4.78 is 64.3. The molecule has 0 bridgehead atoms. The molecule has 0 radical (unpaired) electrons. The third-order valence-corrected chi connectivity index (χ3v) is 10.6. The molecule has 1 unspecified atom stereocenters. The summed E-state index contributed by atoms with van der Waals surface area (Å²) in [6, 6.07) is 6.25. The molecule has 3 fully saturated rings. The van der Waals surface area contributed by atoms with E-state index in [1.165, 1.54) is 6.07 Å². The van der Waals surface area contributed by atoms with Gasteiger partial charge in [-0.2, -0.15) is 23.1 Å². The van der Waals surface area contributed by atoms with Crippen LogP contribution in [0.2, 0.25) is 0 Å². The summed E-state index contributed by atoms with van der Waals surface area (Å²) in [5, 5.41) is 15.4. The predicted molar refractivity (Wildman–Crippen MR) is 163 cm³/mol. The van der Waals surface area contributed by atoms with Crippen LogP contribution in [-0.4, -0.2) is 85.5 Å². The maximum Gasteiger partial charge on any atom is 0.318 e. The Kier molecular flexibility index (Phi) is 7.50. The standard InChI is InChI=1S/C30H37F2N7O4S/c1-2-22-24(32)5-4-18-10-21(40)11-26(27(18)22)38-9-6-23-25(16-38)35-29(36-28(23)33-13-20-14-34-44(41,42)37-20)43-17-30-7-3-8-39(30)15-19(31)12-30/h4-5,10-11,19-20,34,37,40H,2-3,6-9,12-17H2,1H3,(H,33,35,36)/t19-,20?,30+/m1/s1. The van der Waals surface area contributed by atoms with Crippen molar-refractivity contribution in [3.63, 3.8) is 0 Å². The highest BCUT2D eigenvalue weighted by molar-refractivity contribution is 7.87. The minimum atomic E-state index is -3.51. The van der Waals surface area contributed by atoms with Gasteiger partial charge in [-0.1, -0.05) is 13.0 Å². The molecule has 0 aliphatic carbocycles. The van der Waals surface area contributed by atoms with E-state index < -0.39 is 16.4 Å². The van der Waals surface area contributed by atoms with Gasteiger partial charge >= 0.3 is 6.01 Å². The lowest BCUT2D eigenvalue weighted by Gasteiger charge is -2.33. The molecule has 11 nitrogen and oxygen atoms in total. The van der Waals surface area contributed by atoms with E-state index in [2.05, 4.69) is 24.6 Å². The number of aromatic hydroxyl groups is 1. The highest BCUT2D eigenvalue weighted by atomic mass is 32.2. The van der Waals surface area contributed by atoms with E-state index in [0.717, 1.165) is 47.1 Å². The number of rotatable bonds is 8. The van der Waals surface area contributed by atoms with Gasteiger partial charge in [-0.3, -0.25) is 4.90 Å². The van der Waals surface area contributed by atoms with Crippen LogP contribution in [0.25, 0.3) is 10.8 Å². The van der Waals surface area contributed by atoms with Crippen molar-refractivity contribution in [1.82, 2.24) is 24.3 Å². The molecule has 0 amide bonds. The van der Waals surface area contributed by atoms with E-state index >= 15 is 0 Å². The minimum Gasteiger partial charge on any atom is -0.508 e. The number of benzene rings is 2. The fraction of sp³-hybridized carbons (Fsp3) is 0.533. The zero-order chi connectivity index (χ0) is 30.6. The van der Waals surface area contributed by atoms with Crippen LogP contribution in [0.4, 0.5) is 20.3 Å². The number of phenols is 1. The number of nitrogens with one attached hydrogen (secondary N) is 3. The topological polar surface area (TPSA) is 132 Å². The van der Waals surface area contributed by atoms with Crippen LogP contribution in [0.15, 0.2) is 24.3 Å². The molecule has 236 valence electrons. The largest absolute Gasteiger partial charge is 0.508 e. The molecule has 4 aliphatic rings. The Morgan fingerprint density at radius 1 is 1.25 bits per heavy atom. The van der Waals surface area contributed by atoms with E-state index in [0.29, 0.717) is 56.8 Å². The van der Waals surface area contributed by atoms with Gasteiger partial charge in [-0.25, -0.2) is 13.5 Å². The first-order valence-corrected chi connectivity index (χ1v) is 16.7. The molecule has 0 spiro atoms. The van der Waals surface area contributed by atoms with Crippen LogP contribution in [0, 0.1) is 5.82 Å². The average Bonchev–Trinajstić information content (AvgIpc) is 3.64. The van der Waals surface area contributed by atoms with Crippen LogP contribution in [-0.2, 0) is 29.6 Å². The lowest BCUT2D eigenvalue weighted by Crippen LogP contribution is -2.43. The molecule has 1 aromatic heterocycles. The average molecular weight is 630 g/mol. The third-order valence-electron chi connectivity index (χ3n) is 9.46. The smallest absolute Gasteiger partial charge is 0.318 e. The Balaban J connectivity index is 1.21. The lowest BCUT2D eigenvalue weighted by atomic mass is 9.95. The van der Waals surface area contributed by atoms with E-state index in [-0.39, 0.29) is 42.3 Å². The number of phenolic OH excluding ortho intramolecular Hbond substituents is 1. The number of alkyl halides is 1. The zero-order valence-electron chi connectivity index (χ0n) is 24.6. The first-order chi connectivity index (χ1) is 21.1. The SMILES string of the molecule is CCc1c(F)ccc2cc(O)cc(N3CCc4c(nc(OC[C@@]56CCCN5C[C@H](F)C6)nc4NCC4CNS(=O)(=O)N4)C3)c12. The summed E-state index contributed by atoms with van der Waals surface area (Å²) in [4.78, 5) is 13.8. The van der Waals surface area contributed by atoms with E-state index in [9.17, 15) is 22.3 Å². The number of anilines is 2. The van der Waals surface area contributed by atoms with Gasteiger partial charge in [-0.05, 0) is 55.3 Å². The number of aromatic nitrogens is 2. The van der Waals surface area contributed by atoms with Gasteiger partial charge in [0.2, 0.25) is 0 Å². The Morgan fingerprint density at radius 3 is 2.91 bits per heavy atom. The molecule has 44 heavy (non-hydrogen) atoms. The highest BCUT2D eigenvalue weighted by Gasteiger charge is 2.49. The van der Waals surface area contributed by atoms with Gasteiger partial charge in [0.25, 0.3) is 10.2 Å². The number of hydrogen-bond acceptors (Lipinski definition) is 9. The van der Waals surface area contributed by atoms with Crippen LogP contribution in [0.1, 0.15) is 43.0 Å². The summed E-state index contributed by atoms with van der Waals surface area (Å²) in [7, 11) is -3.51. The van der Waals surface area contributed by atoms with Crippen LogP contribution < -0.4 is 24.4 Å². The normalized spacial score (nSPS) is 26.2. The molecule has 3 saturated heterocycles. The number of halogens is 2. The van der Waals surface area contributed by atoms with Crippen molar-refractivity contribution in [3.05, 3.63) is 46.9 Å². The fourth-order valence-corrected chi connectivity index (χ4v) is 8.50. The molecule has 14 heteroatoms. The van der Waals surface area contributed by atoms with Crippen molar-refractivity contribution in [2.45, 2.75) is 63.3 Å². The van der Waals surface area contributed by atoms with Crippen molar-refractivity contribution in [2.75, 3.05) is 49.5 Å². The Labute approximate surface area is 255 Å². The van der Waals surface area contributed by atoms with Gasteiger partial charge in [0.05, 0.1) is 23.8 Å². The molecule has 3 atom stereocenters. The molecular weight excluding hydrogens is 592 g/mol. The van der Waals surface area contributed by atoms with Crippen molar-refractivity contribution in [1.29, 1.82) is 0 Å². The van der Waals surface area contributed by atoms with Crippen LogP contribution in [0.3, 0.4) is 0 Å². The van der Waals surface area contributed by atoms with Gasteiger partial charge in [0.15, 0.2) is 0 Å². The van der Waals surface area contributed by atoms with Gasteiger partial charge in [-0.15, -0.1) is 0 Å². The highest BCUT2D eigenvalue weighted by Crippen LogP contribution is 2.41. The van der Waals surface area contributed by atoms with E-state index in [4.69, 9.17) is 14.7 Å². The van der Waals surface area contributed by atoms with Gasteiger partial charge < -0.3 is 20.1 Å². The Bertz CT molecular complexity index is 1710. The maximum atomic E-state index is 14.9. The van der Waals surface area contributed by atoms with Crippen molar-refractivity contribution >= 4 is 32.5 Å². The lowest BCUT2D eigenvalue weighted by molar-refractivity contribution is 0.107. The quantitative estimate of drug-likeness (QED) is 0.297. The molecule has 0 saturated carbocycles. The van der Waals surface area contributed by atoms with Gasteiger partial charge in [0, 0.05) is 55.3 Å². The monoisotopic (exact) mass is 629 g/mol. The van der Waals surface area contributed by atoms with Crippen LogP contribution in [0.5, 0.6) is 11.8 Å². The molecular formula is C30H37F2N7O4S. The number of ether oxygens (including phenoxy) is 1. The fourth-order valence-electron chi connectivity index (χ4n) is 7.39. The molecule has 7 rings (SSSR count). The van der Waals surface area contributed by atoms with Crippen molar-refractivity contribution in [2.24, 2.45) is 0 Å². The Hall–Kier alpha value is -3.33. The minimum absolute atomic E-state index is 0.0942. The maximum absolute atomic E-state index is 14.9. The summed E-state index contributed by atoms with van der Waals surface area (Å²) >= 11 is 0. The molecule has 3 aromatic rings. The number of fused-ring (bicyclic) bond motifs is 3. The first kappa shape index (κ1) is 29.4. The number of aryl methyl sites for hydroxylation is 1. The summed E-state index contributed by atoms with van der Waals surface area (Å²) in [5.41, 5.74) is 2.56. The first-order valence-electron chi connectivity index (χ1n) is 15.2. The predicted octanol–water partition coefficient (Wildman–Crippen LogP) is 2.77. The second kappa shape index (κ2) is 11.2. The summed E-state index contributed by atoms with van der Waals surface area (Å²) in [6.07, 6.45) is 2.44. The Morgan fingerprint density at radius 2 is 2.11 bits per heavy atom. The van der Waals surface area contributed by atoms with Gasteiger partial charge in [0.1, 0.15) is 30.2 Å². The van der Waals surface area contributed by atoms with E-state index in [1.54, 1.807) is 18.2 Å². The zero-order valence-corrected chi connectivity index (χ0v) is 25.4. The molecule has 4 N–H and O–H groups in total. The third kappa shape index (κ3) is 5.41. The summed E-state index contributed by atoms with van der Waals surface area (Å²) in [5.74, 6) is 0.373. The number of hydrogen-bond donors (Lipinski definition) is 4. The van der Waals surface area contributed by atoms with Crippen LogP contribution >= 0.6 is 0 Å². The number of nitrogens with zero attached hydrogens (tertiary/aromatic N) is 4. The second-order valence-corrected chi connectivity index (χ2v) is 13.8. The molecule has 4 aliphatic heterocycles.